The van der Waals surface area contributed by atoms with Crippen LogP contribution < -0.4 is 10.1 Å². The van der Waals surface area contributed by atoms with E-state index in [4.69, 9.17) is 9.84 Å². The summed E-state index contributed by atoms with van der Waals surface area (Å²) >= 11 is 0. The molecule has 0 fully saturated rings. The Morgan fingerprint density at radius 3 is 2.86 bits per heavy atom. The van der Waals surface area contributed by atoms with Crippen molar-refractivity contribution in [3.05, 3.63) is 42.5 Å². The highest BCUT2D eigenvalue weighted by Crippen LogP contribution is 2.18. The van der Waals surface area contributed by atoms with Gasteiger partial charge in [-0.1, -0.05) is 38.1 Å². The van der Waals surface area contributed by atoms with Gasteiger partial charge in [0.25, 0.3) is 5.91 Å². The number of ether oxygens (including phenoxy) is 1. The van der Waals surface area contributed by atoms with Crippen LogP contribution in [0.25, 0.3) is 0 Å². The van der Waals surface area contributed by atoms with Gasteiger partial charge in [0.05, 0.1) is 5.56 Å². The van der Waals surface area contributed by atoms with E-state index in [0.717, 1.165) is 12.8 Å². The maximum atomic E-state index is 12.3. The van der Waals surface area contributed by atoms with Crippen molar-refractivity contribution in [1.82, 2.24) is 5.32 Å². The zero-order valence-electron chi connectivity index (χ0n) is 12.7. The van der Waals surface area contributed by atoms with E-state index in [1.54, 1.807) is 18.2 Å². The summed E-state index contributed by atoms with van der Waals surface area (Å²) in [6.07, 6.45) is 4.39. The zero-order valence-corrected chi connectivity index (χ0v) is 12.7. The third-order valence-corrected chi connectivity index (χ3v) is 3.27. The van der Waals surface area contributed by atoms with Crippen LogP contribution in [0.1, 0.15) is 36.5 Å². The summed E-state index contributed by atoms with van der Waals surface area (Å²) in [6, 6.07) is 7.16. The molecule has 0 saturated carbocycles. The molecule has 2 N–H and O–H groups in total. The van der Waals surface area contributed by atoms with Crippen LogP contribution in [0, 0.1) is 5.92 Å². The average molecular weight is 291 g/mol. The molecule has 21 heavy (non-hydrogen) atoms. The number of benzene rings is 1. The first-order chi connectivity index (χ1) is 10.2. The Labute approximate surface area is 126 Å². The van der Waals surface area contributed by atoms with Gasteiger partial charge >= 0.3 is 0 Å². The fourth-order valence-corrected chi connectivity index (χ4v) is 2.20. The van der Waals surface area contributed by atoms with Crippen molar-refractivity contribution in [2.24, 2.45) is 5.92 Å². The van der Waals surface area contributed by atoms with E-state index in [0.29, 0.717) is 36.8 Å². The maximum absolute atomic E-state index is 12.3. The molecule has 116 valence electrons. The van der Waals surface area contributed by atoms with E-state index in [1.807, 2.05) is 12.1 Å². The molecule has 0 aliphatic carbocycles. The number of nitrogens with one attached hydrogen (secondary N) is 1. The van der Waals surface area contributed by atoms with E-state index >= 15 is 0 Å². The molecule has 1 atom stereocenters. The average Bonchev–Trinajstić information content (AvgIpc) is 2.51. The second-order valence-electron chi connectivity index (χ2n) is 4.97. The fourth-order valence-electron chi connectivity index (χ4n) is 2.20. The molecule has 1 amide bonds. The molecule has 1 aromatic rings. The summed E-state index contributed by atoms with van der Waals surface area (Å²) in [5, 5.41) is 12.0. The maximum Gasteiger partial charge on any atom is 0.255 e. The lowest BCUT2D eigenvalue weighted by molar-refractivity contribution is 0.0939. The molecule has 0 heterocycles. The minimum Gasteiger partial charge on any atom is -0.489 e. The Bertz CT molecular complexity index is 439. The topological polar surface area (TPSA) is 58.6 Å². The minimum atomic E-state index is -0.145. The summed E-state index contributed by atoms with van der Waals surface area (Å²) < 4.78 is 5.49. The third-order valence-electron chi connectivity index (χ3n) is 3.27. The number of carbonyl (C=O) groups is 1. The lowest BCUT2D eigenvalue weighted by atomic mass is 10.00. The van der Waals surface area contributed by atoms with Crippen LogP contribution in [0.5, 0.6) is 5.75 Å². The van der Waals surface area contributed by atoms with Gasteiger partial charge in [0.1, 0.15) is 12.4 Å². The molecular formula is C17H25NO3. The highest BCUT2D eigenvalue weighted by Gasteiger charge is 2.14. The van der Waals surface area contributed by atoms with Crippen LogP contribution in [0.4, 0.5) is 0 Å². The Kier molecular flexibility index (Phi) is 8.21. The minimum absolute atomic E-state index is 0.145. The number of hydrogen-bond donors (Lipinski definition) is 2. The van der Waals surface area contributed by atoms with Crippen molar-refractivity contribution in [2.75, 3.05) is 19.8 Å². The number of rotatable bonds is 10. The second kappa shape index (κ2) is 10.00. The summed E-state index contributed by atoms with van der Waals surface area (Å²) in [5.74, 6) is 0.725. The standard InChI is InChI=1S/C17H25NO3/c1-3-7-14(10-11-19)13-18-17(20)15-8-5-6-9-16(15)21-12-4-2/h4-6,8-9,14,19H,2-3,7,10-13H2,1H3,(H,18,20). The predicted octanol–water partition coefficient (Wildman–Crippen LogP) is 2.78. The van der Waals surface area contributed by atoms with Crippen LogP contribution >= 0.6 is 0 Å². The van der Waals surface area contributed by atoms with Gasteiger partial charge in [0, 0.05) is 13.2 Å². The molecule has 0 aliphatic heterocycles. The fraction of sp³-hybridized carbons (Fsp3) is 0.471. The SMILES string of the molecule is C=CCOc1ccccc1C(=O)NCC(CCC)CCO. The normalized spacial score (nSPS) is 11.7. The largest absolute Gasteiger partial charge is 0.489 e. The van der Waals surface area contributed by atoms with Crippen molar-refractivity contribution in [2.45, 2.75) is 26.2 Å². The van der Waals surface area contributed by atoms with Crippen LogP contribution in [-0.4, -0.2) is 30.8 Å². The molecule has 0 saturated heterocycles. The molecular weight excluding hydrogens is 266 g/mol. The monoisotopic (exact) mass is 291 g/mol. The quantitative estimate of drug-likeness (QED) is 0.652. The summed E-state index contributed by atoms with van der Waals surface area (Å²) in [7, 11) is 0. The van der Waals surface area contributed by atoms with Crippen molar-refractivity contribution in [1.29, 1.82) is 0 Å². The number of para-hydroxylation sites is 1. The number of carbonyl (C=O) groups excluding carboxylic acids is 1. The molecule has 1 aromatic carbocycles. The van der Waals surface area contributed by atoms with Crippen LogP contribution in [0.15, 0.2) is 36.9 Å². The summed E-state index contributed by atoms with van der Waals surface area (Å²) in [5.41, 5.74) is 0.526. The first-order valence-corrected chi connectivity index (χ1v) is 7.44. The lowest BCUT2D eigenvalue weighted by Crippen LogP contribution is -2.30. The molecule has 0 aliphatic rings. The third kappa shape index (κ3) is 6.00. The highest BCUT2D eigenvalue weighted by molar-refractivity contribution is 5.96. The Hall–Kier alpha value is -1.81. The smallest absolute Gasteiger partial charge is 0.255 e. The van der Waals surface area contributed by atoms with Crippen LogP contribution in [0.2, 0.25) is 0 Å². The molecule has 4 heteroatoms. The molecule has 0 spiro atoms. The molecule has 1 rings (SSSR count). The molecule has 0 bridgehead atoms. The molecule has 1 unspecified atom stereocenters. The second-order valence-corrected chi connectivity index (χ2v) is 4.97. The Morgan fingerprint density at radius 2 is 2.19 bits per heavy atom. The van der Waals surface area contributed by atoms with E-state index in [9.17, 15) is 4.79 Å². The van der Waals surface area contributed by atoms with Gasteiger partial charge in [-0.2, -0.15) is 0 Å². The molecule has 0 aromatic heterocycles. The summed E-state index contributed by atoms with van der Waals surface area (Å²) in [4.78, 5) is 12.3. The number of amides is 1. The Balaban J connectivity index is 2.63. The molecule has 4 nitrogen and oxygen atoms in total. The predicted molar refractivity (Wildman–Crippen MR) is 84.6 cm³/mol. The van der Waals surface area contributed by atoms with Gasteiger partial charge < -0.3 is 15.2 Å². The number of aliphatic hydroxyl groups excluding tert-OH is 1. The van der Waals surface area contributed by atoms with Gasteiger partial charge in [-0.3, -0.25) is 4.79 Å². The van der Waals surface area contributed by atoms with Crippen molar-refractivity contribution >= 4 is 5.91 Å². The van der Waals surface area contributed by atoms with Gasteiger partial charge in [-0.25, -0.2) is 0 Å². The van der Waals surface area contributed by atoms with Crippen LogP contribution in [-0.2, 0) is 0 Å². The van der Waals surface area contributed by atoms with Gasteiger partial charge in [-0.05, 0) is 30.9 Å². The lowest BCUT2D eigenvalue weighted by Gasteiger charge is -2.16. The van der Waals surface area contributed by atoms with E-state index < -0.39 is 0 Å². The van der Waals surface area contributed by atoms with E-state index in [-0.39, 0.29) is 12.5 Å². The summed E-state index contributed by atoms with van der Waals surface area (Å²) in [6.45, 7) is 6.80. The van der Waals surface area contributed by atoms with Gasteiger partial charge in [0.15, 0.2) is 0 Å². The first kappa shape index (κ1) is 17.2. The van der Waals surface area contributed by atoms with Gasteiger partial charge in [0.2, 0.25) is 0 Å². The number of aliphatic hydroxyl groups is 1. The van der Waals surface area contributed by atoms with Crippen molar-refractivity contribution < 1.29 is 14.6 Å². The zero-order chi connectivity index (χ0) is 15.5. The van der Waals surface area contributed by atoms with Crippen molar-refractivity contribution in [3.8, 4) is 5.75 Å². The Morgan fingerprint density at radius 1 is 1.43 bits per heavy atom. The highest BCUT2D eigenvalue weighted by atomic mass is 16.5. The van der Waals surface area contributed by atoms with E-state index in [2.05, 4.69) is 18.8 Å². The van der Waals surface area contributed by atoms with Gasteiger partial charge in [-0.15, -0.1) is 0 Å². The first-order valence-electron chi connectivity index (χ1n) is 7.44. The van der Waals surface area contributed by atoms with E-state index in [1.165, 1.54) is 0 Å². The van der Waals surface area contributed by atoms with Crippen molar-refractivity contribution in [3.63, 3.8) is 0 Å². The molecule has 0 radical (unpaired) electrons. The number of hydrogen-bond acceptors (Lipinski definition) is 3. The van der Waals surface area contributed by atoms with Crippen LogP contribution in [0.3, 0.4) is 0 Å².